The van der Waals surface area contributed by atoms with Crippen molar-refractivity contribution in [2.45, 2.75) is 6.10 Å². The molecule has 1 saturated heterocycles. The average molecular weight is 208 g/mol. The molecule has 0 bridgehead atoms. The third kappa shape index (κ3) is 1.84. The molecule has 2 aromatic rings. The molecule has 1 nitrogen and oxygen atoms in total. The second-order valence-electron chi connectivity index (χ2n) is 3.87. The van der Waals surface area contributed by atoms with E-state index >= 15 is 0 Å². The number of benzene rings is 2. The zero-order valence-electron chi connectivity index (χ0n) is 8.84. The Labute approximate surface area is 95.0 Å². The molecule has 3 rings (SSSR count). The van der Waals surface area contributed by atoms with Crippen LogP contribution in [0.2, 0.25) is 0 Å². The van der Waals surface area contributed by atoms with Gasteiger partial charge in [-0.2, -0.15) is 0 Å². The normalized spacial score (nSPS) is 20.5. The van der Waals surface area contributed by atoms with Gasteiger partial charge in [0.2, 0.25) is 0 Å². The number of ether oxygens (including phenoxy) is 1. The van der Waals surface area contributed by atoms with Gasteiger partial charge in [0.05, 0.1) is 0 Å². The van der Waals surface area contributed by atoms with E-state index in [2.05, 4.69) is 30.3 Å². The molecular weight excluding hydrogens is 196 g/mol. The van der Waals surface area contributed by atoms with Crippen LogP contribution in [-0.4, -0.2) is 0 Å². The second kappa shape index (κ2) is 3.86. The molecule has 2 aromatic carbocycles. The van der Waals surface area contributed by atoms with E-state index in [-0.39, 0.29) is 6.10 Å². The lowest BCUT2D eigenvalue weighted by molar-refractivity contribution is 0.437. The molecule has 0 radical (unpaired) electrons. The fourth-order valence-electron chi connectivity index (χ4n) is 1.79. The number of epoxide rings is 1. The number of rotatable bonds is 2. The Morgan fingerprint density at radius 3 is 2.12 bits per heavy atom. The van der Waals surface area contributed by atoms with Crippen LogP contribution in [0.3, 0.4) is 0 Å². The maximum atomic E-state index is 5.57. The summed E-state index contributed by atoms with van der Waals surface area (Å²) in [6.45, 7) is 0. The van der Waals surface area contributed by atoms with E-state index in [0.29, 0.717) is 0 Å². The minimum atomic E-state index is 0.168. The lowest BCUT2D eigenvalue weighted by Crippen LogP contribution is -1.76. The molecule has 1 aliphatic heterocycles. The van der Waals surface area contributed by atoms with Gasteiger partial charge < -0.3 is 4.74 Å². The lowest BCUT2D eigenvalue weighted by Gasteiger charge is -1.90. The summed E-state index contributed by atoms with van der Waals surface area (Å²) in [5.41, 5.74) is 2.42. The highest BCUT2D eigenvalue weighted by atomic mass is 16.6. The highest BCUT2D eigenvalue weighted by Gasteiger charge is 2.33. The Morgan fingerprint density at radius 2 is 1.44 bits per heavy atom. The van der Waals surface area contributed by atoms with Crippen molar-refractivity contribution >= 4 is 6.08 Å². The van der Waals surface area contributed by atoms with E-state index in [1.165, 1.54) is 11.1 Å². The molecule has 16 heavy (non-hydrogen) atoms. The first-order valence-electron chi connectivity index (χ1n) is 5.42. The summed E-state index contributed by atoms with van der Waals surface area (Å²) < 4.78 is 5.57. The van der Waals surface area contributed by atoms with Crippen LogP contribution in [-0.2, 0) is 4.74 Å². The molecule has 78 valence electrons. The molecule has 1 fully saturated rings. The molecule has 1 heteroatoms. The van der Waals surface area contributed by atoms with Crippen LogP contribution in [0.1, 0.15) is 17.2 Å². The van der Waals surface area contributed by atoms with Crippen LogP contribution in [0.4, 0.5) is 0 Å². The van der Waals surface area contributed by atoms with Crippen molar-refractivity contribution in [3.8, 4) is 0 Å². The lowest BCUT2D eigenvalue weighted by atomic mass is 10.1. The Bertz CT molecular complexity index is 499. The molecule has 0 amide bonds. The zero-order chi connectivity index (χ0) is 10.8. The molecule has 0 aromatic heterocycles. The van der Waals surface area contributed by atoms with Crippen LogP contribution < -0.4 is 0 Å². The zero-order valence-corrected chi connectivity index (χ0v) is 8.84. The summed E-state index contributed by atoms with van der Waals surface area (Å²) in [4.78, 5) is 0. The average Bonchev–Trinajstić information content (AvgIpc) is 3.11. The molecule has 0 spiro atoms. The fraction of sp³-hybridized carbons (Fsp3) is 0.0667. The second-order valence-corrected chi connectivity index (χ2v) is 3.87. The van der Waals surface area contributed by atoms with Gasteiger partial charge >= 0.3 is 0 Å². The minimum absolute atomic E-state index is 0.168. The molecular formula is C15H12O. The number of hydrogen-bond donors (Lipinski definition) is 0. The van der Waals surface area contributed by atoms with Gasteiger partial charge in [0.25, 0.3) is 0 Å². The van der Waals surface area contributed by atoms with Gasteiger partial charge in [0.15, 0.2) is 6.10 Å². The number of hydrogen-bond acceptors (Lipinski definition) is 1. The summed E-state index contributed by atoms with van der Waals surface area (Å²) in [5, 5.41) is 0. The van der Waals surface area contributed by atoms with Crippen LogP contribution in [0, 0.1) is 0 Å². The van der Waals surface area contributed by atoms with E-state index in [0.717, 1.165) is 5.76 Å². The van der Waals surface area contributed by atoms with Gasteiger partial charge in [-0.25, -0.2) is 0 Å². The molecule has 1 heterocycles. The van der Waals surface area contributed by atoms with Crippen LogP contribution in [0.25, 0.3) is 6.08 Å². The van der Waals surface area contributed by atoms with Crippen molar-refractivity contribution in [2.24, 2.45) is 0 Å². The highest BCUT2D eigenvalue weighted by molar-refractivity contribution is 5.56. The van der Waals surface area contributed by atoms with Gasteiger partial charge in [-0.05, 0) is 17.2 Å². The van der Waals surface area contributed by atoms with E-state index in [9.17, 15) is 0 Å². The van der Waals surface area contributed by atoms with Gasteiger partial charge in [0, 0.05) is 0 Å². The third-order valence-electron chi connectivity index (χ3n) is 2.67. The Kier molecular flexibility index (Phi) is 2.22. The molecule has 1 aliphatic rings. The Hall–Kier alpha value is -2.02. The molecule has 0 saturated carbocycles. The molecule has 0 aliphatic carbocycles. The molecule has 1 unspecified atom stereocenters. The summed E-state index contributed by atoms with van der Waals surface area (Å²) in [7, 11) is 0. The highest BCUT2D eigenvalue weighted by Crippen LogP contribution is 2.43. The summed E-state index contributed by atoms with van der Waals surface area (Å²) in [5.74, 6) is 1.05. The smallest absolute Gasteiger partial charge is 0.180 e. The maximum Gasteiger partial charge on any atom is 0.180 e. The SMILES string of the molecule is C(=C1\OC1c1ccccc1)/c1ccccc1. The maximum absolute atomic E-state index is 5.57. The Morgan fingerprint density at radius 1 is 0.812 bits per heavy atom. The van der Waals surface area contributed by atoms with Crippen LogP contribution in [0.15, 0.2) is 66.4 Å². The summed E-state index contributed by atoms with van der Waals surface area (Å²) in [6, 6.07) is 20.5. The van der Waals surface area contributed by atoms with Crippen molar-refractivity contribution in [2.75, 3.05) is 0 Å². The Balaban J connectivity index is 1.80. The van der Waals surface area contributed by atoms with Gasteiger partial charge in [0.1, 0.15) is 5.76 Å². The first-order valence-corrected chi connectivity index (χ1v) is 5.42. The van der Waals surface area contributed by atoms with Crippen molar-refractivity contribution in [3.05, 3.63) is 77.5 Å². The monoisotopic (exact) mass is 208 g/mol. The van der Waals surface area contributed by atoms with Crippen molar-refractivity contribution in [3.63, 3.8) is 0 Å². The third-order valence-corrected chi connectivity index (χ3v) is 2.67. The van der Waals surface area contributed by atoms with Gasteiger partial charge in [-0.15, -0.1) is 0 Å². The van der Waals surface area contributed by atoms with Crippen LogP contribution >= 0.6 is 0 Å². The van der Waals surface area contributed by atoms with Crippen molar-refractivity contribution in [1.29, 1.82) is 0 Å². The van der Waals surface area contributed by atoms with E-state index in [4.69, 9.17) is 4.74 Å². The van der Waals surface area contributed by atoms with E-state index < -0.39 is 0 Å². The molecule has 1 atom stereocenters. The van der Waals surface area contributed by atoms with E-state index in [1.807, 2.05) is 36.4 Å². The molecule has 0 N–H and O–H groups in total. The quantitative estimate of drug-likeness (QED) is 0.684. The summed E-state index contributed by atoms with van der Waals surface area (Å²) in [6.07, 6.45) is 2.26. The van der Waals surface area contributed by atoms with Gasteiger partial charge in [-0.3, -0.25) is 0 Å². The summed E-state index contributed by atoms with van der Waals surface area (Å²) >= 11 is 0. The standard InChI is InChI=1S/C15H12O/c1-3-7-12(8-4-1)11-14-15(16-14)13-9-5-2-6-10-13/h1-11,15H/b14-11+. The largest absolute Gasteiger partial charge is 0.478 e. The van der Waals surface area contributed by atoms with Crippen molar-refractivity contribution < 1.29 is 4.74 Å². The van der Waals surface area contributed by atoms with Gasteiger partial charge in [-0.1, -0.05) is 60.7 Å². The van der Waals surface area contributed by atoms with Crippen LogP contribution in [0.5, 0.6) is 0 Å². The fourth-order valence-corrected chi connectivity index (χ4v) is 1.79. The minimum Gasteiger partial charge on any atom is -0.478 e. The van der Waals surface area contributed by atoms with E-state index in [1.54, 1.807) is 0 Å². The first-order chi connectivity index (χ1) is 7.93. The first kappa shape index (κ1) is 9.22. The topological polar surface area (TPSA) is 12.5 Å². The predicted octanol–water partition coefficient (Wildman–Crippen LogP) is 3.80. The van der Waals surface area contributed by atoms with Crippen molar-refractivity contribution in [1.82, 2.24) is 0 Å². The predicted molar refractivity (Wildman–Crippen MR) is 64.7 cm³/mol.